The van der Waals surface area contributed by atoms with Gasteiger partial charge in [-0.05, 0) is 24.6 Å². The second-order valence-corrected chi connectivity index (χ2v) is 5.00. The summed E-state index contributed by atoms with van der Waals surface area (Å²) in [5.41, 5.74) is 0. The third-order valence-electron chi connectivity index (χ3n) is 2.75. The van der Waals surface area contributed by atoms with E-state index in [2.05, 4.69) is 18.2 Å². The molecule has 0 radical (unpaired) electrons. The number of hydrogen-bond acceptors (Lipinski definition) is 3. The van der Waals surface area contributed by atoms with E-state index in [4.69, 9.17) is 9.47 Å². The van der Waals surface area contributed by atoms with Crippen molar-refractivity contribution in [3.63, 3.8) is 0 Å². The maximum absolute atomic E-state index is 5.91. The summed E-state index contributed by atoms with van der Waals surface area (Å²) in [6.07, 6.45) is 5.71. The van der Waals surface area contributed by atoms with Crippen molar-refractivity contribution >= 4 is 11.8 Å². The second kappa shape index (κ2) is 3.49. The molecular formula is C12H12O2S. The summed E-state index contributed by atoms with van der Waals surface area (Å²) in [7, 11) is 1.68. The normalized spacial score (nSPS) is 26.7. The van der Waals surface area contributed by atoms with Gasteiger partial charge in [-0.25, -0.2) is 0 Å². The molecule has 1 aliphatic carbocycles. The average Bonchev–Trinajstić information content (AvgIpc) is 2.72. The highest BCUT2D eigenvalue weighted by Crippen LogP contribution is 2.44. The van der Waals surface area contributed by atoms with E-state index >= 15 is 0 Å². The molecule has 2 atom stereocenters. The van der Waals surface area contributed by atoms with Crippen LogP contribution in [0, 0.1) is 0 Å². The fraction of sp³-hybridized carbons (Fsp3) is 0.333. The Bertz CT molecular complexity index is 414. The predicted octanol–water partition coefficient (Wildman–Crippen LogP) is 2.88. The molecule has 15 heavy (non-hydrogen) atoms. The summed E-state index contributed by atoms with van der Waals surface area (Å²) in [5, 5.41) is 0.561. The van der Waals surface area contributed by atoms with Crippen LogP contribution in [0.15, 0.2) is 35.2 Å². The quantitative estimate of drug-likeness (QED) is 0.678. The molecule has 0 fully saturated rings. The van der Waals surface area contributed by atoms with Gasteiger partial charge < -0.3 is 9.47 Å². The number of methoxy groups -OCH3 is 1. The molecular weight excluding hydrogens is 208 g/mol. The summed E-state index contributed by atoms with van der Waals surface area (Å²) in [4.78, 5) is 1.22. The van der Waals surface area contributed by atoms with Crippen molar-refractivity contribution in [3.8, 4) is 11.5 Å². The van der Waals surface area contributed by atoms with Crippen molar-refractivity contribution in [2.45, 2.75) is 22.7 Å². The van der Waals surface area contributed by atoms with Crippen LogP contribution in [-0.4, -0.2) is 18.5 Å². The third-order valence-corrected chi connectivity index (χ3v) is 4.11. The van der Waals surface area contributed by atoms with Gasteiger partial charge in [0.1, 0.15) is 17.6 Å². The number of benzene rings is 1. The highest BCUT2D eigenvalue weighted by Gasteiger charge is 2.31. The molecule has 0 amide bonds. The van der Waals surface area contributed by atoms with E-state index in [9.17, 15) is 0 Å². The fourth-order valence-corrected chi connectivity index (χ4v) is 3.13. The van der Waals surface area contributed by atoms with E-state index in [-0.39, 0.29) is 6.10 Å². The molecule has 0 N–H and O–H groups in total. The van der Waals surface area contributed by atoms with Crippen LogP contribution in [0.3, 0.4) is 0 Å². The van der Waals surface area contributed by atoms with Gasteiger partial charge in [-0.15, -0.1) is 11.8 Å². The lowest BCUT2D eigenvalue weighted by Crippen LogP contribution is -2.26. The lowest BCUT2D eigenvalue weighted by molar-refractivity contribution is 0.240. The Morgan fingerprint density at radius 2 is 2.40 bits per heavy atom. The largest absolute Gasteiger partial charge is 0.497 e. The van der Waals surface area contributed by atoms with Gasteiger partial charge in [0.05, 0.1) is 17.3 Å². The molecule has 1 aromatic rings. The van der Waals surface area contributed by atoms with E-state index < -0.39 is 0 Å². The maximum Gasteiger partial charge on any atom is 0.137 e. The zero-order valence-corrected chi connectivity index (χ0v) is 9.29. The lowest BCUT2D eigenvalue weighted by Gasteiger charge is -2.27. The lowest BCUT2D eigenvalue weighted by atomic mass is 10.2. The predicted molar refractivity (Wildman–Crippen MR) is 60.8 cm³/mol. The minimum Gasteiger partial charge on any atom is -0.497 e. The number of thioether (sulfide) groups is 1. The van der Waals surface area contributed by atoms with Crippen molar-refractivity contribution in [1.82, 2.24) is 0 Å². The monoisotopic (exact) mass is 220 g/mol. The summed E-state index contributed by atoms with van der Waals surface area (Å²) in [5.74, 6) is 1.81. The summed E-state index contributed by atoms with van der Waals surface area (Å²) in [6, 6.07) is 6.02. The molecule has 1 aliphatic heterocycles. The molecule has 1 heterocycles. The molecule has 0 aromatic heterocycles. The highest BCUT2D eigenvalue weighted by atomic mass is 32.2. The Kier molecular flexibility index (Phi) is 2.13. The zero-order valence-electron chi connectivity index (χ0n) is 8.47. The average molecular weight is 220 g/mol. The van der Waals surface area contributed by atoms with Crippen LogP contribution < -0.4 is 9.47 Å². The third kappa shape index (κ3) is 1.51. The number of allylic oxidation sites excluding steroid dienone is 1. The standard InChI is InChI=1S/C12H12O2S/c1-13-8-5-6-12-10(7-8)14-9-3-2-4-11(9)15-12/h2-3,5-7,9,11H,4H2,1H3. The van der Waals surface area contributed by atoms with Crippen LogP contribution in [0.1, 0.15) is 6.42 Å². The number of fused-ring (bicyclic) bond motifs is 2. The van der Waals surface area contributed by atoms with Crippen molar-refractivity contribution in [1.29, 1.82) is 0 Å². The van der Waals surface area contributed by atoms with E-state index in [0.29, 0.717) is 5.25 Å². The number of ether oxygens (including phenoxy) is 2. The first-order valence-corrected chi connectivity index (χ1v) is 5.93. The first-order valence-electron chi connectivity index (χ1n) is 5.05. The highest BCUT2D eigenvalue weighted by molar-refractivity contribution is 8.00. The molecule has 0 spiro atoms. The topological polar surface area (TPSA) is 18.5 Å². The molecule has 0 saturated heterocycles. The zero-order chi connectivity index (χ0) is 10.3. The minimum absolute atomic E-state index is 0.245. The van der Waals surface area contributed by atoms with E-state index in [1.165, 1.54) is 4.90 Å². The summed E-state index contributed by atoms with van der Waals surface area (Å²) in [6.45, 7) is 0. The van der Waals surface area contributed by atoms with Gasteiger partial charge in [0, 0.05) is 6.07 Å². The Labute approximate surface area is 93.3 Å². The number of rotatable bonds is 1. The van der Waals surface area contributed by atoms with Crippen LogP contribution in [0.2, 0.25) is 0 Å². The van der Waals surface area contributed by atoms with Crippen LogP contribution in [0.25, 0.3) is 0 Å². The van der Waals surface area contributed by atoms with Crippen molar-refractivity contribution in [3.05, 3.63) is 30.4 Å². The second-order valence-electron chi connectivity index (χ2n) is 3.72. The molecule has 0 saturated carbocycles. The molecule has 2 nitrogen and oxygen atoms in total. The van der Waals surface area contributed by atoms with Gasteiger partial charge in [0.25, 0.3) is 0 Å². The first kappa shape index (κ1) is 9.16. The van der Waals surface area contributed by atoms with Crippen LogP contribution in [0.5, 0.6) is 11.5 Å². The van der Waals surface area contributed by atoms with Crippen LogP contribution >= 0.6 is 11.8 Å². The molecule has 3 heteroatoms. The van der Waals surface area contributed by atoms with E-state index in [0.717, 1.165) is 17.9 Å². The van der Waals surface area contributed by atoms with Crippen LogP contribution in [-0.2, 0) is 0 Å². The smallest absolute Gasteiger partial charge is 0.137 e. The SMILES string of the molecule is COc1ccc2c(c1)OC1C=CCC1S2. The Balaban J connectivity index is 1.96. The Hall–Kier alpha value is -1.09. The Morgan fingerprint density at radius 1 is 1.47 bits per heavy atom. The molecule has 3 rings (SSSR count). The van der Waals surface area contributed by atoms with Crippen molar-refractivity contribution in [2.24, 2.45) is 0 Å². The molecule has 1 aromatic carbocycles. The molecule has 0 bridgehead atoms. The van der Waals surface area contributed by atoms with Gasteiger partial charge in [-0.2, -0.15) is 0 Å². The molecule has 2 aliphatic rings. The minimum atomic E-state index is 0.245. The summed E-state index contributed by atoms with van der Waals surface area (Å²) < 4.78 is 11.1. The van der Waals surface area contributed by atoms with Gasteiger partial charge in [0.2, 0.25) is 0 Å². The van der Waals surface area contributed by atoms with Crippen molar-refractivity contribution < 1.29 is 9.47 Å². The molecule has 78 valence electrons. The van der Waals surface area contributed by atoms with Gasteiger partial charge in [-0.3, -0.25) is 0 Å². The number of hydrogen-bond donors (Lipinski definition) is 0. The van der Waals surface area contributed by atoms with Crippen molar-refractivity contribution in [2.75, 3.05) is 7.11 Å². The van der Waals surface area contributed by atoms with Crippen LogP contribution in [0.4, 0.5) is 0 Å². The first-order chi connectivity index (χ1) is 7.36. The van der Waals surface area contributed by atoms with Gasteiger partial charge >= 0.3 is 0 Å². The van der Waals surface area contributed by atoms with Gasteiger partial charge in [0.15, 0.2) is 0 Å². The van der Waals surface area contributed by atoms with E-state index in [1.54, 1.807) is 7.11 Å². The fourth-order valence-electron chi connectivity index (χ4n) is 1.95. The molecule has 2 unspecified atom stereocenters. The maximum atomic E-state index is 5.91. The Morgan fingerprint density at radius 3 is 3.27 bits per heavy atom. The van der Waals surface area contributed by atoms with Gasteiger partial charge in [-0.1, -0.05) is 6.08 Å². The summed E-state index contributed by atoms with van der Waals surface area (Å²) >= 11 is 1.90. The van der Waals surface area contributed by atoms with E-state index in [1.807, 2.05) is 23.9 Å².